The molecule has 2 heterocycles. The summed E-state index contributed by atoms with van der Waals surface area (Å²) in [4.78, 5) is 39.3. The van der Waals surface area contributed by atoms with E-state index in [1.165, 1.54) is 11.8 Å². The van der Waals surface area contributed by atoms with Crippen LogP contribution in [0.3, 0.4) is 0 Å². The van der Waals surface area contributed by atoms with Crippen LogP contribution in [0.25, 0.3) is 0 Å². The Morgan fingerprint density at radius 1 is 1.41 bits per heavy atom. The van der Waals surface area contributed by atoms with E-state index in [4.69, 9.17) is 5.11 Å². The molecule has 0 spiro atoms. The van der Waals surface area contributed by atoms with Crippen molar-refractivity contribution in [1.29, 1.82) is 0 Å². The van der Waals surface area contributed by atoms with Crippen molar-refractivity contribution in [2.24, 2.45) is 0 Å². The molecule has 1 saturated heterocycles. The molecule has 0 aliphatic carbocycles. The van der Waals surface area contributed by atoms with E-state index in [2.05, 4.69) is 4.98 Å². The number of H-pyrrole nitrogens is 1. The molecule has 1 unspecified atom stereocenters. The predicted molar refractivity (Wildman–Crippen MR) is 76.9 cm³/mol. The van der Waals surface area contributed by atoms with Gasteiger partial charge in [0.05, 0.1) is 6.54 Å². The summed E-state index contributed by atoms with van der Waals surface area (Å²) in [6.45, 7) is 4.52. The highest BCUT2D eigenvalue weighted by Gasteiger charge is 2.47. The summed E-state index contributed by atoms with van der Waals surface area (Å²) in [5, 5.41) is 8.90. The Balaban J connectivity index is 2.34. The van der Waals surface area contributed by atoms with E-state index in [0.29, 0.717) is 23.2 Å². The maximum Gasteiger partial charge on any atom is 0.343 e. The lowest BCUT2D eigenvalue weighted by Crippen LogP contribution is -2.39. The topological polar surface area (TPSA) is 90.5 Å². The van der Waals surface area contributed by atoms with Crippen molar-refractivity contribution >= 4 is 17.7 Å². The van der Waals surface area contributed by atoms with Gasteiger partial charge in [0.15, 0.2) is 5.78 Å². The number of rotatable bonds is 4. The molecule has 1 aliphatic rings. The summed E-state index contributed by atoms with van der Waals surface area (Å²) in [6.07, 6.45) is 0.253. The fraction of sp³-hybridized carbons (Fsp3) is 0.533. The number of carbonyl (C=O) groups is 3. The van der Waals surface area contributed by atoms with Crippen molar-refractivity contribution in [2.45, 2.75) is 39.3 Å². The lowest BCUT2D eigenvalue weighted by molar-refractivity contribution is -0.149. The smallest absolute Gasteiger partial charge is 0.343 e. The van der Waals surface area contributed by atoms with Gasteiger partial charge >= 0.3 is 5.97 Å². The molecule has 1 aliphatic heterocycles. The molecule has 1 aromatic heterocycles. The summed E-state index contributed by atoms with van der Waals surface area (Å²) in [6, 6.07) is 0. The Hall–Kier alpha value is -2.18. The molecule has 7 heteroatoms. The van der Waals surface area contributed by atoms with Crippen LogP contribution < -0.4 is 0 Å². The van der Waals surface area contributed by atoms with Crippen LogP contribution in [-0.2, 0) is 11.2 Å². The maximum absolute atomic E-state index is 14.1. The van der Waals surface area contributed by atoms with E-state index in [9.17, 15) is 18.8 Å². The van der Waals surface area contributed by atoms with Crippen LogP contribution in [0.5, 0.6) is 0 Å². The number of hydrogen-bond acceptors (Lipinski definition) is 3. The molecule has 0 bridgehead atoms. The van der Waals surface area contributed by atoms with Crippen molar-refractivity contribution < 1.29 is 23.9 Å². The van der Waals surface area contributed by atoms with Crippen molar-refractivity contribution in [3.05, 3.63) is 22.5 Å². The molecule has 2 rings (SSSR count). The SMILES string of the molecule is CCc1c(C(=O)N2CCC(F)(C(=O)O)C2)[nH]c(C)c1C(C)=O. The number of aliphatic carboxylic acids is 1. The van der Waals surface area contributed by atoms with Crippen LogP contribution in [0.15, 0.2) is 0 Å². The third kappa shape index (κ3) is 2.51. The van der Waals surface area contributed by atoms with Gasteiger partial charge in [-0.2, -0.15) is 0 Å². The van der Waals surface area contributed by atoms with Crippen LogP contribution in [0.4, 0.5) is 4.39 Å². The first-order chi connectivity index (χ1) is 10.2. The Bertz CT molecular complexity index is 652. The Morgan fingerprint density at radius 3 is 2.50 bits per heavy atom. The third-order valence-electron chi connectivity index (χ3n) is 4.10. The van der Waals surface area contributed by atoms with Crippen LogP contribution in [0.2, 0.25) is 0 Å². The number of carboxylic acid groups (broad SMARTS) is 1. The Labute approximate surface area is 127 Å². The highest BCUT2D eigenvalue weighted by Crippen LogP contribution is 2.29. The van der Waals surface area contributed by atoms with Gasteiger partial charge in [0.1, 0.15) is 5.69 Å². The molecule has 1 atom stereocenters. The zero-order valence-corrected chi connectivity index (χ0v) is 12.8. The van der Waals surface area contributed by atoms with Crippen molar-refractivity contribution in [3.8, 4) is 0 Å². The molecule has 2 N–H and O–H groups in total. The summed E-state index contributed by atoms with van der Waals surface area (Å²) >= 11 is 0. The Morgan fingerprint density at radius 2 is 2.05 bits per heavy atom. The zero-order chi connectivity index (χ0) is 16.7. The lowest BCUT2D eigenvalue weighted by Gasteiger charge is -2.17. The number of nitrogens with one attached hydrogen (secondary N) is 1. The van der Waals surface area contributed by atoms with Crippen LogP contribution in [-0.4, -0.2) is 51.4 Å². The van der Waals surface area contributed by atoms with Gasteiger partial charge < -0.3 is 15.0 Å². The number of aromatic amines is 1. The second-order valence-electron chi connectivity index (χ2n) is 5.64. The number of Topliss-reactive ketones (excluding diaryl/α,β-unsaturated/α-hetero) is 1. The average Bonchev–Trinajstić information content (AvgIpc) is 2.99. The number of halogens is 1. The predicted octanol–water partition coefficient (Wildman–Crippen LogP) is 1.73. The van der Waals surface area contributed by atoms with E-state index in [0.717, 1.165) is 0 Å². The average molecular weight is 310 g/mol. The Kier molecular flexibility index (Phi) is 4.08. The molecule has 22 heavy (non-hydrogen) atoms. The molecule has 1 aromatic rings. The third-order valence-corrected chi connectivity index (χ3v) is 4.10. The van der Waals surface area contributed by atoms with E-state index < -0.39 is 24.1 Å². The van der Waals surface area contributed by atoms with Crippen LogP contribution >= 0.6 is 0 Å². The van der Waals surface area contributed by atoms with Crippen molar-refractivity contribution in [3.63, 3.8) is 0 Å². The molecular weight excluding hydrogens is 291 g/mol. The van der Waals surface area contributed by atoms with Gasteiger partial charge in [0.2, 0.25) is 5.67 Å². The van der Waals surface area contributed by atoms with Gasteiger partial charge in [-0.05, 0) is 25.8 Å². The van der Waals surface area contributed by atoms with Crippen molar-refractivity contribution in [1.82, 2.24) is 9.88 Å². The van der Waals surface area contributed by atoms with Crippen LogP contribution in [0, 0.1) is 6.92 Å². The quantitative estimate of drug-likeness (QED) is 0.829. The van der Waals surface area contributed by atoms with E-state index in [1.54, 1.807) is 6.92 Å². The number of aromatic nitrogens is 1. The number of hydrogen-bond donors (Lipinski definition) is 2. The first-order valence-corrected chi connectivity index (χ1v) is 7.15. The number of nitrogens with zero attached hydrogens (tertiary/aromatic N) is 1. The number of aryl methyl sites for hydroxylation is 1. The summed E-state index contributed by atoms with van der Waals surface area (Å²) in [7, 11) is 0. The van der Waals surface area contributed by atoms with Crippen LogP contribution in [0.1, 0.15) is 52.4 Å². The van der Waals surface area contributed by atoms with Gasteiger partial charge in [-0.3, -0.25) is 9.59 Å². The molecule has 1 fully saturated rings. The number of carbonyl (C=O) groups excluding carboxylic acids is 2. The molecular formula is C15H19FN2O4. The highest BCUT2D eigenvalue weighted by molar-refractivity contribution is 6.03. The normalized spacial score (nSPS) is 21.2. The number of alkyl halides is 1. The van der Waals surface area contributed by atoms with E-state index in [-0.39, 0.29) is 24.4 Å². The minimum absolute atomic E-state index is 0.0399. The largest absolute Gasteiger partial charge is 0.479 e. The second kappa shape index (κ2) is 5.55. The van der Waals surface area contributed by atoms with E-state index in [1.807, 2.05) is 6.92 Å². The van der Waals surface area contributed by atoms with E-state index >= 15 is 0 Å². The van der Waals surface area contributed by atoms with Crippen molar-refractivity contribution in [2.75, 3.05) is 13.1 Å². The number of ketones is 1. The number of amides is 1. The first kappa shape index (κ1) is 16.2. The molecule has 0 radical (unpaired) electrons. The second-order valence-corrected chi connectivity index (χ2v) is 5.64. The molecule has 120 valence electrons. The standard InChI is InChI=1S/C15H19FN2O4/c1-4-10-11(9(3)19)8(2)17-12(10)13(20)18-6-5-15(16,7-18)14(21)22/h17H,4-7H2,1-3H3,(H,21,22). The van der Waals surface area contributed by atoms with Gasteiger partial charge in [-0.25, -0.2) is 9.18 Å². The number of carboxylic acids is 1. The molecule has 1 amide bonds. The molecule has 6 nitrogen and oxygen atoms in total. The summed E-state index contributed by atoms with van der Waals surface area (Å²) in [5.41, 5.74) is -0.472. The maximum atomic E-state index is 14.1. The first-order valence-electron chi connectivity index (χ1n) is 7.15. The molecule has 0 saturated carbocycles. The van der Waals surface area contributed by atoms with Gasteiger partial charge in [-0.15, -0.1) is 0 Å². The lowest BCUT2D eigenvalue weighted by atomic mass is 10.0. The van der Waals surface area contributed by atoms with Gasteiger partial charge in [-0.1, -0.05) is 6.92 Å². The van der Waals surface area contributed by atoms with Gasteiger partial charge in [0.25, 0.3) is 5.91 Å². The highest BCUT2D eigenvalue weighted by atomic mass is 19.1. The summed E-state index contributed by atoms with van der Waals surface area (Å²) in [5.74, 6) is -2.16. The van der Waals surface area contributed by atoms with Gasteiger partial charge in [0, 0.05) is 24.2 Å². The monoisotopic (exact) mass is 310 g/mol. The summed E-state index contributed by atoms with van der Waals surface area (Å²) < 4.78 is 14.1. The minimum atomic E-state index is -2.40. The zero-order valence-electron chi connectivity index (χ0n) is 12.8. The minimum Gasteiger partial charge on any atom is -0.479 e. The number of likely N-dealkylation sites (tertiary alicyclic amines) is 1. The fourth-order valence-electron chi connectivity index (χ4n) is 2.97. The molecule has 0 aromatic carbocycles. The fourth-order valence-corrected chi connectivity index (χ4v) is 2.97.